The van der Waals surface area contributed by atoms with Gasteiger partial charge in [-0.05, 0) is 37.0 Å². The number of nitrogens with zero attached hydrogens (tertiary/aromatic N) is 1. The summed E-state index contributed by atoms with van der Waals surface area (Å²) in [6, 6.07) is 5.18. The van der Waals surface area contributed by atoms with Crippen molar-refractivity contribution >= 4 is 5.91 Å². The van der Waals surface area contributed by atoms with E-state index in [4.69, 9.17) is 9.47 Å². The van der Waals surface area contributed by atoms with Gasteiger partial charge in [0.2, 0.25) is 0 Å². The molecule has 110 valence electrons. The highest BCUT2D eigenvalue weighted by atomic mass is 16.5. The number of aliphatic hydroxyl groups excluding tert-OH is 1. The molecule has 1 amide bonds. The third-order valence-corrected chi connectivity index (χ3v) is 3.69. The molecule has 1 heterocycles. The summed E-state index contributed by atoms with van der Waals surface area (Å²) in [4.78, 5) is 14.3. The maximum absolute atomic E-state index is 12.5. The molecule has 1 aliphatic heterocycles. The molecule has 1 N–H and O–H groups in total. The van der Waals surface area contributed by atoms with E-state index in [1.54, 1.807) is 37.3 Å². The highest BCUT2D eigenvalue weighted by Gasteiger charge is 2.24. The van der Waals surface area contributed by atoms with Crippen LogP contribution in [0.2, 0.25) is 0 Å². The smallest absolute Gasteiger partial charge is 0.254 e. The van der Waals surface area contributed by atoms with Gasteiger partial charge in [-0.15, -0.1) is 0 Å². The fourth-order valence-electron chi connectivity index (χ4n) is 2.55. The third kappa shape index (κ3) is 3.04. The first-order valence-corrected chi connectivity index (χ1v) is 6.81. The zero-order valence-corrected chi connectivity index (χ0v) is 12.0. The number of benzene rings is 1. The minimum absolute atomic E-state index is 0.0240. The van der Waals surface area contributed by atoms with Gasteiger partial charge in [0.15, 0.2) is 11.5 Å². The SMILES string of the molecule is COc1ccc(C(=O)N2CCCC(CO)C2)cc1OC. The van der Waals surface area contributed by atoms with Crippen LogP contribution in [-0.4, -0.2) is 49.8 Å². The summed E-state index contributed by atoms with van der Waals surface area (Å²) in [7, 11) is 3.12. The lowest BCUT2D eigenvalue weighted by Gasteiger charge is -2.32. The Balaban J connectivity index is 2.16. The quantitative estimate of drug-likeness (QED) is 0.908. The number of carbonyl (C=O) groups is 1. The van der Waals surface area contributed by atoms with E-state index in [-0.39, 0.29) is 18.4 Å². The number of amides is 1. The third-order valence-electron chi connectivity index (χ3n) is 3.69. The number of likely N-dealkylation sites (tertiary alicyclic amines) is 1. The largest absolute Gasteiger partial charge is 0.493 e. The molecule has 0 saturated carbocycles. The molecule has 5 heteroatoms. The minimum atomic E-state index is -0.0240. The van der Waals surface area contributed by atoms with Crippen LogP contribution in [0, 0.1) is 5.92 Å². The molecule has 0 radical (unpaired) electrons. The average Bonchev–Trinajstić information content (AvgIpc) is 2.53. The second kappa shape index (κ2) is 6.61. The van der Waals surface area contributed by atoms with Gasteiger partial charge >= 0.3 is 0 Å². The summed E-state index contributed by atoms with van der Waals surface area (Å²) >= 11 is 0. The minimum Gasteiger partial charge on any atom is -0.493 e. The van der Waals surface area contributed by atoms with E-state index >= 15 is 0 Å². The van der Waals surface area contributed by atoms with E-state index in [2.05, 4.69) is 0 Å². The normalized spacial score (nSPS) is 18.8. The number of methoxy groups -OCH3 is 2. The summed E-state index contributed by atoms with van der Waals surface area (Å²) in [6.07, 6.45) is 1.91. The first-order chi connectivity index (χ1) is 9.69. The Morgan fingerprint density at radius 3 is 2.75 bits per heavy atom. The number of rotatable bonds is 4. The number of carbonyl (C=O) groups excluding carboxylic acids is 1. The van der Waals surface area contributed by atoms with Crippen molar-refractivity contribution in [1.82, 2.24) is 4.90 Å². The van der Waals surface area contributed by atoms with E-state index in [1.807, 2.05) is 0 Å². The average molecular weight is 279 g/mol. The molecule has 1 aliphatic rings. The molecule has 0 aromatic heterocycles. The van der Waals surface area contributed by atoms with Gasteiger partial charge in [0, 0.05) is 25.3 Å². The monoisotopic (exact) mass is 279 g/mol. The molecular weight excluding hydrogens is 258 g/mol. The Kier molecular flexibility index (Phi) is 4.84. The molecule has 1 saturated heterocycles. The molecule has 20 heavy (non-hydrogen) atoms. The Morgan fingerprint density at radius 2 is 2.10 bits per heavy atom. The Morgan fingerprint density at radius 1 is 1.35 bits per heavy atom. The van der Waals surface area contributed by atoms with Crippen LogP contribution in [-0.2, 0) is 0 Å². The summed E-state index contributed by atoms with van der Waals surface area (Å²) in [5.74, 6) is 1.32. The fraction of sp³-hybridized carbons (Fsp3) is 0.533. The molecule has 1 atom stereocenters. The van der Waals surface area contributed by atoms with Gasteiger partial charge in [-0.25, -0.2) is 0 Å². The Bertz CT molecular complexity index is 475. The lowest BCUT2D eigenvalue weighted by atomic mass is 9.98. The van der Waals surface area contributed by atoms with E-state index in [1.165, 1.54) is 0 Å². The number of ether oxygens (including phenoxy) is 2. The predicted molar refractivity (Wildman–Crippen MR) is 75.3 cm³/mol. The number of hydrogen-bond donors (Lipinski definition) is 1. The predicted octanol–water partition coefficient (Wildman–Crippen LogP) is 1.55. The Hall–Kier alpha value is -1.75. The van der Waals surface area contributed by atoms with Crippen LogP contribution in [0.5, 0.6) is 11.5 Å². The van der Waals surface area contributed by atoms with Crippen LogP contribution in [0.3, 0.4) is 0 Å². The van der Waals surface area contributed by atoms with Crippen molar-refractivity contribution in [2.45, 2.75) is 12.8 Å². The van der Waals surface area contributed by atoms with Crippen LogP contribution in [0.4, 0.5) is 0 Å². The summed E-state index contributed by atoms with van der Waals surface area (Å²) in [6.45, 7) is 1.49. The summed E-state index contributed by atoms with van der Waals surface area (Å²) in [5, 5.41) is 9.24. The molecule has 0 bridgehead atoms. The molecule has 1 aromatic rings. The first-order valence-electron chi connectivity index (χ1n) is 6.81. The number of hydrogen-bond acceptors (Lipinski definition) is 4. The lowest BCUT2D eigenvalue weighted by Crippen LogP contribution is -2.40. The van der Waals surface area contributed by atoms with Crippen LogP contribution >= 0.6 is 0 Å². The standard InChI is InChI=1S/C15H21NO4/c1-19-13-6-5-12(8-14(13)20-2)15(18)16-7-3-4-11(9-16)10-17/h5-6,8,11,17H,3-4,7,9-10H2,1-2H3. The van der Waals surface area contributed by atoms with Crippen LogP contribution in [0.1, 0.15) is 23.2 Å². The van der Waals surface area contributed by atoms with Crippen LogP contribution < -0.4 is 9.47 Å². The molecule has 2 rings (SSSR count). The number of piperidine rings is 1. The van der Waals surface area contributed by atoms with Gasteiger partial charge in [0.05, 0.1) is 14.2 Å². The topological polar surface area (TPSA) is 59.0 Å². The van der Waals surface area contributed by atoms with Crippen LogP contribution in [0.15, 0.2) is 18.2 Å². The summed E-state index contributed by atoms with van der Waals surface area (Å²) < 4.78 is 10.4. The second-order valence-corrected chi connectivity index (χ2v) is 5.01. The molecule has 1 unspecified atom stereocenters. The van der Waals surface area contributed by atoms with Gasteiger partial charge in [-0.1, -0.05) is 0 Å². The van der Waals surface area contributed by atoms with Crippen molar-refractivity contribution in [3.05, 3.63) is 23.8 Å². The van der Waals surface area contributed by atoms with Gasteiger partial charge in [0.1, 0.15) is 0 Å². The number of aliphatic hydroxyl groups is 1. The van der Waals surface area contributed by atoms with Crippen molar-refractivity contribution in [1.29, 1.82) is 0 Å². The first kappa shape index (κ1) is 14.7. The van der Waals surface area contributed by atoms with Crippen molar-refractivity contribution in [2.24, 2.45) is 5.92 Å². The maximum atomic E-state index is 12.5. The highest BCUT2D eigenvalue weighted by molar-refractivity contribution is 5.95. The molecule has 0 aliphatic carbocycles. The van der Waals surface area contributed by atoms with Gasteiger partial charge in [-0.2, -0.15) is 0 Å². The maximum Gasteiger partial charge on any atom is 0.254 e. The van der Waals surface area contributed by atoms with E-state index < -0.39 is 0 Å². The molecular formula is C15H21NO4. The molecule has 5 nitrogen and oxygen atoms in total. The van der Waals surface area contributed by atoms with E-state index in [9.17, 15) is 9.90 Å². The van der Waals surface area contributed by atoms with Gasteiger partial charge in [0.25, 0.3) is 5.91 Å². The van der Waals surface area contributed by atoms with E-state index in [0.717, 1.165) is 19.4 Å². The summed E-state index contributed by atoms with van der Waals surface area (Å²) in [5.41, 5.74) is 0.584. The zero-order valence-electron chi connectivity index (χ0n) is 12.0. The van der Waals surface area contributed by atoms with Crippen molar-refractivity contribution in [3.8, 4) is 11.5 Å². The van der Waals surface area contributed by atoms with Crippen molar-refractivity contribution in [3.63, 3.8) is 0 Å². The van der Waals surface area contributed by atoms with Crippen molar-refractivity contribution in [2.75, 3.05) is 33.9 Å². The molecule has 1 aromatic carbocycles. The highest BCUT2D eigenvalue weighted by Crippen LogP contribution is 2.28. The second-order valence-electron chi connectivity index (χ2n) is 5.01. The van der Waals surface area contributed by atoms with E-state index in [0.29, 0.717) is 23.6 Å². The molecule has 1 fully saturated rings. The Labute approximate surface area is 119 Å². The fourth-order valence-corrected chi connectivity index (χ4v) is 2.55. The molecule has 0 spiro atoms. The van der Waals surface area contributed by atoms with Gasteiger partial charge in [-0.3, -0.25) is 4.79 Å². The van der Waals surface area contributed by atoms with Crippen LogP contribution in [0.25, 0.3) is 0 Å². The van der Waals surface area contributed by atoms with Gasteiger partial charge < -0.3 is 19.5 Å². The van der Waals surface area contributed by atoms with Crippen molar-refractivity contribution < 1.29 is 19.4 Å². The zero-order chi connectivity index (χ0) is 14.5. The lowest BCUT2D eigenvalue weighted by molar-refractivity contribution is 0.0620.